The fourth-order valence-electron chi connectivity index (χ4n) is 14.4. The second-order valence-electron chi connectivity index (χ2n) is 28.6. The summed E-state index contributed by atoms with van der Waals surface area (Å²) in [6, 6.07) is 75.6. The van der Waals surface area contributed by atoms with E-state index in [1.807, 2.05) is 0 Å². The van der Waals surface area contributed by atoms with Crippen molar-refractivity contribution in [2.75, 3.05) is 4.90 Å². The molecule has 11 aromatic carbocycles. The predicted octanol–water partition coefficient (Wildman–Crippen LogP) is 20.4. The van der Waals surface area contributed by atoms with Crippen molar-refractivity contribution in [3.05, 3.63) is 281 Å². The molecule has 0 saturated carbocycles. The van der Waals surface area contributed by atoms with Crippen molar-refractivity contribution in [3.8, 4) is 39.1 Å². The van der Waals surface area contributed by atoms with Crippen LogP contribution in [0.15, 0.2) is 246 Å². The molecule has 3 aliphatic heterocycles. The number of nitrogens with zero attached hydrogens (tertiary/aromatic N) is 2. The lowest BCUT2D eigenvalue weighted by Crippen LogP contribution is -2.65. The molecule has 2 nitrogen and oxygen atoms in total. The summed E-state index contributed by atoms with van der Waals surface area (Å²) in [7, 11) is 0. The summed E-state index contributed by atoms with van der Waals surface area (Å²) < 4.78 is 49.7. The molecule has 0 atom stereocenters. The van der Waals surface area contributed by atoms with Gasteiger partial charge in [-0.1, -0.05) is 264 Å². The molecule has 1 spiro atoms. The number of fused-ring (bicyclic) bond motifs is 13. The van der Waals surface area contributed by atoms with Crippen molar-refractivity contribution in [1.82, 2.24) is 4.57 Å². The molecule has 0 unspecified atom stereocenters. The lowest BCUT2D eigenvalue weighted by Gasteiger charge is -2.51. The zero-order chi connectivity index (χ0) is 64.5. The first-order valence-electron chi connectivity index (χ1n) is 33.3. The van der Waals surface area contributed by atoms with Gasteiger partial charge >= 0.3 is 0 Å². The average molecular weight is 1150 g/mol. The topological polar surface area (TPSA) is 8.17 Å². The van der Waals surface area contributed by atoms with Gasteiger partial charge in [0.15, 0.2) is 0 Å². The van der Waals surface area contributed by atoms with E-state index in [1.54, 1.807) is 11.8 Å². The van der Waals surface area contributed by atoms with Crippen LogP contribution in [0, 0.1) is 0 Å². The number of aromatic nitrogens is 1. The Balaban J connectivity index is 1.14. The Morgan fingerprint density at radius 1 is 0.379 bits per heavy atom. The lowest BCUT2D eigenvalue weighted by atomic mass is 9.29. The third-order valence-electron chi connectivity index (χ3n) is 19.0. The molecular weight excluding hydrogens is 1070 g/mol. The van der Waals surface area contributed by atoms with Crippen molar-refractivity contribution in [2.45, 2.75) is 120 Å². The Labute approximate surface area is 527 Å². The number of benzene rings is 11. The van der Waals surface area contributed by atoms with Gasteiger partial charge in [0.05, 0.1) is 29.0 Å². The molecule has 4 heterocycles. The largest absolute Gasteiger partial charge is 0.311 e. The smallest absolute Gasteiger partial charge is 0.247 e. The van der Waals surface area contributed by atoms with E-state index in [0.717, 1.165) is 99.0 Å². The van der Waals surface area contributed by atoms with Crippen LogP contribution in [0.1, 0.15) is 134 Å². The molecule has 0 fully saturated rings. The summed E-state index contributed by atoms with van der Waals surface area (Å²) >= 11 is 1.79. The summed E-state index contributed by atoms with van der Waals surface area (Å²) in [6.07, 6.45) is 0. The van der Waals surface area contributed by atoms with Gasteiger partial charge in [0.2, 0.25) is 6.71 Å². The van der Waals surface area contributed by atoms with E-state index in [-0.39, 0.29) is 58.1 Å². The van der Waals surface area contributed by atoms with Crippen LogP contribution in [0.3, 0.4) is 0 Å². The van der Waals surface area contributed by atoms with Crippen LogP contribution in [-0.2, 0) is 27.1 Å². The standard InChI is InChI=1S/C83H75BN2S/c1-79(2,3)57-29-23-28-54(44-57)55-34-39-69-67(45-55)83(65-30-19-21-32-76(65)87-77-33-22-20-31-66(77)83)68-46-56(52-24-15-13-16-25-52)47-75-78(68)84(69)70-40-38-61(51-74(70)86(75)71-41-35-58(80(4,5)6)48-62(71)53-26-17-14-18-27-53)85-72-42-36-59(81(7,8)9)49-63(72)64-50-60(82(10,11)12)37-43-73(64)85/h13-51H,1-12H3/i13D,15D,16D,24D,25D. The van der Waals surface area contributed by atoms with E-state index in [4.69, 9.17) is 1.37 Å². The highest BCUT2D eigenvalue weighted by Gasteiger charge is 2.54. The molecule has 0 amide bonds. The first kappa shape index (κ1) is 49.5. The van der Waals surface area contributed by atoms with E-state index < -0.39 is 11.5 Å². The van der Waals surface area contributed by atoms with E-state index in [9.17, 15) is 5.48 Å². The molecular formula is C83H75BN2S. The molecule has 87 heavy (non-hydrogen) atoms. The van der Waals surface area contributed by atoms with Crippen LogP contribution in [0.2, 0.25) is 0 Å². The first-order chi connectivity index (χ1) is 43.7. The molecule has 426 valence electrons. The molecule has 0 radical (unpaired) electrons. The van der Waals surface area contributed by atoms with Crippen LogP contribution < -0.4 is 21.3 Å². The Kier molecular flexibility index (Phi) is 11.2. The van der Waals surface area contributed by atoms with E-state index >= 15 is 0 Å². The van der Waals surface area contributed by atoms with Gasteiger partial charge < -0.3 is 9.47 Å². The Hall–Kier alpha value is -8.57. The number of hydrogen-bond acceptors (Lipinski definition) is 2. The molecule has 15 rings (SSSR count). The van der Waals surface area contributed by atoms with Gasteiger partial charge in [-0.2, -0.15) is 0 Å². The molecule has 4 heteroatoms. The Morgan fingerprint density at radius 3 is 1.55 bits per heavy atom. The molecule has 0 aliphatic carbocycles. The van der Waals surface area contributed by atoms with Crippen molar-refractivity contribution in [1.29, 1.82) is 0 Å². The Morgan fingerprint density at radius 2 is 0.920 bits per heavy atom. The van der Waals surface area contributed by atoms with Crippen LogP contribution in [-0.4, -0.2) is 11.3 Å². The van der Waals surface area contributed by atoms with E-state index in [1.165, 1.54) is 38.5 Å². The highest BCUT2D eigenvalue weighted by atomic mass is 32.2. The zero-order valence-electron chi connectivity index (χ0n) is 57.0. The van der Waals surface area contributed by atoms with Crippen LogP contribution in [0.4, 0.5) is 17.1 Å². The lowest BCUT2D eigenvalue weighted by molar-refractivity contribution is 0.590. The number of hydrogen-bond donors (Lipinski definition) is 0. The van der Waals surface area contributed by atoms with Crippen molar-refractivity contribution in [2.24, 2.45) is 0 Å². The average Bonchev–Trinajstić information content (AvgIpc) is 0.745. The van der Waals surface area contributed by atoms with Gasteiger partial charge in [0.1, 0.15) is 0 Å². The second kappa shape index (κ2) is 19.7. The molecule has 12 aromatic rings. The number of anilines is 3. The summed E-state index contributed by atoms with van der Waals surface area (Å²) in [5.41, 5.74) is 22.5. The molecule has 0 saturated heterocycles. The maximum atomic E-state index is 9.87. The highest BCUT2D eigenvalue weighted by Crippen LogP contribution is 2.59. The summed E-state index contributed by atoms with van der Waals surface area (Å²) in [6.45, 7) is 27.0. The van der Waals surface area contributed by atoms with Crippen LogP contribution >= 0.6 is 11.8 Å². The van der Waals surface area contributed by atoms with E-state index in [0.29, 0.717) is 5.56 Å². The zero-order valence-corrected chi connectivity index (χ0v) is 52.8. The summed E-state index contributed by atoms with van der Waals surface area (Å²) in [5, 5.41) is 2.41. The monoisotopic (exact) mass is 1150 g/mol. The molecule has 1 aromatic heterocycles. The third kappa shape index (κ3) is 8.75. The SMILES string of the molecule is [2H]c1c([2H])c([2H])c(-c2cc3c4c(c2)C2(c5ccccc5Sc5ccccc52)c2cc(-c5cccc(C(C)(C)C)c5)ccc2B4c2ccc(-n4c5ccc(C(C)(C)C)cc5c5cc(C(C)(C)C)ccc54)cc2N3c2ccc(C(C)(C)C)cc2-c2ccccc2)c([2H])c1[2H]. The highest BCUT2D eigenvalue weighted by molar-refractivity contribution is 7.99. The molecule has 0 bridgehead atoms. The van der Waals surface area contributed by atoms with Gasteiger partial charge in [-0.15, -0.1) is 0 Å². The van der Waals surface area contributed by atoms with Gasteiger partial charge in [0.25, 0.3) is 0 Å². The normalized spacial score (nSPS) is 15.0. The predicted molar refractivity (Wildman–Crippen MR) is 374 cm³/mol. The summed E-state index contributed by atoms with van der Waals surface area (Å²) in [5.74, 6) is 0. The minimum absolute atomic E-state index is 0.0808. The van der Waals surface area contributed by atoms with Crippen LogP contribution in [0.25, 0.3) is 60.9 Å². The minimum Gasteiger partial charge on any atom is -0.311 e. The van der Waals surface area contributed by atoms with Gasteiger partial charge in [0, 0.05) is 43.2 Å². The Bertz CT molecular complexity index is 4940. The van der Waals surface area contributed by atoms with Gasteiger partial charge in [-0.05, 0) is 178 Å². The van der Waals surface area contributed by atoms with Gasteiger partial charge in [-0.25, -0.2) is 0 Å². The van der Waals surface area contributed by atoms with Crippen molar-refractivity contribution in [3.63, 3.8) is 0 Å². The fraction of sp³-hybridized carbons (Fsp3) is 0.205. The fourth-order valence-corrected chi connectivity index (χ4v) is 15.6. The third-order valence-corrected chi connectivity index (χ3v) is 20.2. The maximum absolute atomic E-state index is 9.87. The minimum atomic E-state index is -0.988. The van der Waals surface area contributed by atoms with E-state index in [2.05, 4.69) is 299 Å². The van der Waals surface area contributed by atoms with Gasteiger partial charge in [-0.3, -0.25) is 0 Å². The van der Waals surface area contributed by atoms with Crippen molar-refractivity contribution < 1.29 is 6.85 Å². The number of rotatable bonds is 5. The molecule has 3 aliphatic rings. The second-order valence-corrected chi connectivity index (χ2v) is 29.7. The van der Waals surface area contributed by atoms with Crippen molar-refractivity contribution >= 4 is 73.7 Å². The molecule has 0 N–H and O–H groups in total. The van der Waals surface area contributed by atoms with Crippen LogP contribution in [0.5, 0.6) is 0 Å². The maximum Gasteiger partial charge on any atom is 0.247 e. The first-order valence-corrected chi connectivity index (χ1v) is 31.7. The quantitative estimate of drug-likeness (QED) is 0.159. The summed E-state index contributed by atoms with van der Waals surface area (Å²) in [4.78, 5) is 4.75.